The standard InChI is InChI=1S/C18H16FNO3/c1-11-12-6-3-5-9-16(12)23-17(11)18(22)20-10-15(21)13-7-2-4-8-14(13)19/h2-9,15,21H,10H2,1H3,(H,20,22). The lowest BCUT2D eigenvalue weighted by Crippen LogP contribution is -2.28. The zero-order valence-corrected chi connectivity index (χ0v) is 12.5. The van der Waals surface area contributed by atoms with Crippen molar-refractivity contribution in [2.75, 3.05) is 6.54 Å². The van der Waals surface area contributed by atoms with E-state index >= 15 is 0 Å². The summed E-state index contributed by atoms with van der Waals surface area (Å²) >= 11 is 0. The molecule has 0 radical (unpaired) electrons. The van der Waals surface area contributed by atoms with Gasteiger partial charge in [-0.2, -0.15) is 0 Å². The molecule has 0 saturated heterocycles. The number of nitrogens with one attached hydrogen (secondary N) is 1. The summed E-state index contributed by atoms with van der Waals surface area (Å²) in [5.41, 5.74) is 1.51. The Morgan fingerprint density at radius 3 is 2.65 bits per heavy atom. The predicted octanol–water partition coefficient (Wildman–Crippen LogP) is 3.34. The third-order valence-corrected chi connectivity index (χ3v) is 3.77. The molecule has 0 bridgehead atoms. The number of hydrogen-bond acceptors (Lipinski definition) is 3. The Morgan fingerprint density at radius 2 is 1.91 bits per heavy atom. The van der Waals surface area contributed by atoms with Crippen molar-refractivity contribution in [1.82, 2.24) is 5.32 Å². The van der Waals surface area contributed by atoms with Crippen LogP contribution in [-0.4, -0.2) is 17.6 Å². The molecule has 1 aromatic heterocycles. The Hall–Kier alpha value is -2.66. The number of benzene rings is 2. The van der Waals surface area contributed by atoms with Crippen LogP contribution < -0.4 is 5.32 Å². The molecule has 118 valence electrons. The van der Waals surface area contributed by atoms with E-state index in [4.69, 9.17) is 4.42 Å². The minimum absolute atomic E-state index is 0.101. The third kappa shape index (κ3) is 2.96. The lowest BCUT2D eigenvalue weighted by molar-refractivity contribution is 0.0888. The zero-order valence-electron chi connectivity index (χ0n) is 12.5. The summed E-state index contributed by atoms with van der Waals surface area (Å²) < 4.78 is 19.2. The number of aryl methyl sites for hydroxylation is 1. The molecule has 1 unspecified atom stereocenters. The summed E-state index contributed by atoms with van der Waals surface area (Å²) in [7, 11) is 0. The number of aliphatic hydroxyl groups excluding tert-OH is 1. The molecule has 0 saturated carbocycles. The van der Waals surface area contributed by atoms with Gasteiger partial charge in [-0.3, -0.25) is 4.79 Å². The second-order valence-electron chi connectivity index (χ2n) is 5.30. The smallest absolute Gasteiger partial charge is 0.287 e. The van der Waals surface area contributed by atoms with Crippen LogP contribution >= 0.6 is 0 Å². The molecule has 1 heterocycles. The van der Waals surface area contributed by atoms with E-state index in [1.165, 1.54) is 12.1 Å². The van der Waals surface area contributed by atoms with Crippen LogP contribution in [0.15, 0.2) is 52.9 Å². The van der Waals surface area contributed by atoms with Gasteiger partial charge in [0.1, 0.15) is 11.4 Å². The number of carbonyl (C=O) groups excluding carboxylic acids is 1. The molecule has 2 aromatic carbocycles. The molecule has 1 amide bonds. The Bertz CT molecular complexity index is 856. The van der Waals surface area contributed by atoms with Gasteiger partial charge < -0.3 is 14.8 Å². The summed E-state index contributed by atoms with van der Waals surface area (Å²) in [6.45, 7) is 1.70. The number of furan rings is 1. The normalized spacial score (nSPS) is 12.3. The van der Waals surface area contributed by atoms with E-state index in [1.807, 2.05) is 18.2 Å². The van der Waals surface area contributed by atoms with Crippen LogP contribution in [0.4, 0.5) is 4.39 Å². The number of fused-ring (bicyclic) bond motifs is 1. The van der Waals surface area contributed by atoms with E-state index in [0.29, 0.717) is 5.58 Å². The van der Waals surface area contributed by atoms with Gasteiger partial charge in [0.05, 0.1) is 6.10 Å². The van der Waals surface area contributed by atoms with Gasteiger partial charge in [0.15, 0.2) is 5.76 Å². The van der Waals surface area contributed by atoms with Crippen molar-refractivity contribution in [3.63, 3.8) is 0 Å². The Balaban J connectivity index is 1.74. The van der Waals surface area contributed by atoms with Crippen molar-refractivity contribution < 1.29 is 18.7 Å². The second kappa shape index (κ2) is 6.22. The van der Waals surface area contributed by atoms with Crippen LogP contribution in [0.5, 0.6) is 0 Å². The monoisotopic (exact) mass is 313 g/mol. The van der Waals surface area contributed by atoms with Crippen LogP contribution in [0, 0.1) is 12.7 Å². The first-order valence-electron chi connectivity index (χ1n) is 7.26. The van der Waals surface area contributed by atoms with Crippen molar-refractivity contribution in [3.05, 3.63) is 71.2 Å². The van der Waals surface area contributed by atoms with Gasteiger partial charge in [0.2, 0.25) is 0 Å². The third-order valence-electron chi connectivity index (χ3n) is 3.77. The molecule has 3 aromatic rings. The first-order valence-corrected chi connectivity index (χ1v) is 7.26. The molecule has 3 rings (SSSR count). The van der Waals surface area contributed by atoms with E-state index in [1.54, 1.807) is 25.1 Å². The van der Waals surface area contributed by atoms with Gasteiger partial charge in [-0.1, -0.05) is 36.4 Å². The van der Waals surface area contributed by atoms with Crippen LogP contribution in [0.1, 0.15) is 27.8 Å². The maximum atomic E-state index is 13.6. The van der Waals surface area contributed by atoms with Gasteiger partial charge in [-0.05, 0) is 19.1 Å². The lowest BCUT2D eigenvalue weighted by Gasteiger charge is -2.12. The van der Waals surface area contributed by atoms with Crippen molar-refractivity contribution in [2.45, 2.75) is 13.0 Å². The van der Waals surface area contributed by atoms with E-state index in [2.05, 4.69) is 5.32 Å². The molecule has 23 heavy (non-hydrogen) atoms. The molecule has 0 aliphatic heterocycles. The second-order valence-corrected chi connectivity index (χ2v) is 5.30. The average molecular weight is 313 g/mol. The quantitative estimate of drug-likeness (QED) is 0.776. The van der Waals surface area contributed by atoms with Gasteiger partial charge in [0, 0.05) is 23.1 Å². The largest absolute Gasteiger partial charge is 0.451 e. The lowest BCUT2D eigenvalue weighted by atomic mass is 10.1. The SMILES string of the molecule is Cc1c(C(=O)NCC(O)c2ccccc2F)oc2ccccc12. The molecule has 0 aliphatic rings. The van der Waals surface area contributed by atoms with Crippen LogP contribution in [0.25, 0.3) is 11.0 Å². The highest BCUT2D eigenvalue weighted by atomic mass is 19.1. The van der Waals surface area contributed by atoms with Crippen molar-refractivity contribution in [2.24, 2.45) is 0 Å². The van der Waals surface area contributed by atoms with Crippen molar-refractivity contribution in [3.8, 4) is 0 Å². The number of hydrogen-bond donors (Lipinski definition) is 2. The molecule has 1 atom stereocenters. The first-order chi connectivity index (χ1) is 11.1. The molecule has 2 N–H and O–H groups in total. The van der Waals surface area contributed by atoms with Gasteiger partial charge >= 0.3 is 0 Å². The molecule has 0 fully saturated rings. The summed E-state index contributed by atoms with van der Waals surface area (Å²) in [4.78, 5) is 12.2. The fourth-order valence-corrected chi connectivity index (χ4v) is 2.52. The molecule has 0 aliphatic carbocycles. The fraction of sp³-hybridized carbons (Fsp3) is 0.167. The molecule has 0 spiro atoms. The summed E-state index contributed by atoms with van der Waals surface area (Å²) in [5, 5.41) is 13.5. The fourth-order valence-electron chi connectivity index (χ4n) is 2.52. The Kier molecular flexibility index (Phi) is 4.12. The molecule has 5 heteroatoms. The summed E-state index contributed by atoms with van der Waals surface area (Å²) in [5.74, 6) is -0.741. The zero-order chi connectivity index (χ0) is 16.4. The van der Waals surface area contributed by atoms with Gasteiger partial charge in [-0.15, -0.1) is 0 Å². The maximum Gasteiger partial charge on any atom is 0.287 e. The number of para-hydroxylation sites is 1. The van der Waals surface area contributed by atoms with Gasteiger partial charge in [0.25, 0.3) is 5.91 Å². The minimum Gasteiger partial charge on any atom is -0.451 e. The number of rotatable bonds is 4. The highest BCUT2D eigenvalue weighted by molar-refractivity contribution is 5.98. The highest BCUT2D eigenvalue weighted by Gasteiger charge is 2.19. The van der Waals surface area contributed by atoms with E-state index in [0.717, 1.165) is 10.9 Å². The maximum absolute atomic E-state index is 13.6. The summed E-state index contributed by atoms with van der Waals surface area (Å²) in [6.07, 6.45) is -1.12. The molecular formula is C18H16FNO3. The number of amides is 1. The minimum atomic E-state index is -1.12. The first kappa shape index (κ1) is 15.2. The topological polar surface area (TPSA) is 62.5 Å². The number of aliphatic hydroxyl groups is 1. The molecular weight excluding hydrogens is 297 g/mol. The van der Waals surface area contributed by atoms with Crippen LogP contribution in [-0.2, 0) is 0 Å². The van der Waals surface area contributed by atoms with Crippen LogP contribution in [0.2, 0.25) is 0 Å². The van der Waals surface area contributed by atoms with E-state index < -0.39 is 17.8 Å². The van der Waals surface area contributed by atoms with Crippen molar-refractivity contribution in [1.29, 1.82) is 0 Å². The van der Waals surface area contributed by atoms with E-state index in [9.17, 15) is 14.3 Å². The Morgan fingerprint density at radius 1 is 1.22 bits per heavy atom. The average Bonchev–Trinajstić information content (AvgIpc) is 2.90. The van der Waals surface area contributed by atoms with Crippen LogP contribution in [0.3, 0.4) is 0 Å². The number of carbonyl (C=O) groups is 1. The number of halogens is 1. The highest BCUT2D eigenvalue weighted by Crippen LogP contribution is 2.25. The van der Waals surface area contributed by atoms with Crippen molar-refractivity contribution >= 4 is 16.9 Å². The Labute approximate surface area is 132 Å². The predicted molar refractivity (Wildman–Crippen MR) is 84.6 cm³/mol. The van der Waals surface area contributed by atoms with E-state index in [-0.39, 0.29) is 17.9 Å². The molecule has 4 nitrogen and oxygen atoms in total. The summed E-state index contributed by atoms with van der Waals surface area (Å²) in [6, 6.07) is 13.3. The van der Waals surface area contributed by atoms with Gasteiger partial charge in [-0.25, -0.2) is 4.39 Å².